The van der Waals surface area contributed by atoms with Gasteiger partial charge in [-0.15, -0.1) is 0 Å². The second-order valence-corrected chi connectivity index (χ2v) is 8.06. The van der Waals surface area contributed by atoms with E-state index in [-0.39, 0.29) is 12.1 Å². The summed E-state index contributed by atoms with van der Waals surface area (Å²) in [6, 6.07) is 1.96. The van der Waals surface area contributed by atoms with Gasteiger partial charge in [0.2, 0.25) is 0 Å². The lowest BCUT2D eigenvalue weighted by Crippen LogP contribution is -2.42. The van der Waals surface area contributed by atoms with E-state index in [0.29, 0.717) is 6.54 Å². The van der Waals surface area contributed by atoms with Crippen LogP contribution in [-0.2, 0) is 4.84 Å². The van der Waals surface area contributed by atoms with Gasteiger partial charge in [0.15, 0.2) is 0 Å². The van der Waals surface area contributed by atoms with Gasteiger partial charge in [0.25, 0.3) is 0 Å². The summed E-state index contributed by atoms with van der Waals surface area (Å²) >= 11 is 6.84. The third-order valence-electron chi connectivity index (χ3n) is 3.21. The van der Waals surface area contributed by atoms with Crippen molar-refractivity contribution in [3.63, 3.8) is 0 Å². The smallest absolute Gasteiger partial charge is 0.144 e. The third-order valence-corrected chi connectivity index (χ3v) is 4.95. The molecule has 1 atom stereocenters. The summed E-state index contributed by atoms with van der Waals surface area (Å²) in [5, 5.41) is 20.6. The van der Waals surface area contributed by atoms with E-state index in [1.165, 1.54) is 0 Å². The van der Waals surface area contributed by atoms with Gasteiger partial charge in [0.1, 0.15) is 23.1 Å². The molecule has 0 amide bonds. The van der Waals surface area contributed by atoms with Crippen LogP contribution in [0.1, 0.15) is 32.8 Å². The molecular formula is C15H22Br2N4O2. The van der Waals surface area contributed by atoms with Crippen LogP contribution in [0.15, 0.2) is 20.3 Å². The molecule has 0 unspecified atom stereocenters. The summed E-state index contributed by atoms with van der Waals surface area (Å²) < 4.78 is 1.61. The molecule has 1 aromatic heterocycles. The average molecular weight is 450 g/mol. The van der Waals surface area contributed by atoms with Crippen molar-refractivity contribution < 1.29 is 9.94 Å². The zero-order valence-corrected chi connectivity index (χ0v) is 16.7. The van der Waals surface area contributed by atoms with E-state index in [4.69, 9.17) is 4.84 Å². The maximum atomic E-state index is 9.92. The van der Waals surface area contributed by atoms with E-state index in [9.17, 15) is 5.11 Å². The van der Waals surface area contributed by atoms with Crippen molar-refractivity contribution in [3.05, 3.63) is 20.7 Å². The van der Waals surface area contributed by atoms with Crippen LogP contribution in [0.3, 0.4) is 0 Å². The SMILES string of the molecule is CC(C)(C)NC[C@H](O)CO/N=C1\CCNc2nc(Br)c(Br)cc21. The molecule has 1 aromatic rings. The van der Waals surface area contributed by atoms with Crippen molar-refractivity contribution in [3.8, 4) is 0 Å². The first-order chi connectivity index (χ1) is 10.8. The Morgan fingerprint density at radius 2 is 2.22 bits per heavy atom. The number of nitrogens with zero attached hydrogens (tertiary/aromatic N) is 2. The van der Waals surface area contributed by atoms with E-state index < -0.39 is 6.10 Å². The van der Waals surface area contributed by atoms with Crippen LogP contribution in [0.4, 0.5) is 5.82 Å². The summed E-state index contributed by atoms with van der Waals surface area (Å²) in [6.45, 7) is 7.53. The third kappa shape index (κ3) is 5.70. The first-order valence-electron chi connectivity index (χ1n) is 7.48. The van der Waals surface area contributed by atoms with Gasteiger partial charge in [-0.3, -0.25) is 0 Å². The Bertz CT molecular complexity index is 588. The molecule has 0 bridgehead atoms. The molecule has 0 fully saturated rings. The highest BCUT2D eigenvalue weighted by Gasteiger charge is 2.19. The van der Waals surface area contributed by atoms with Gasteiger partial charge in [-0.05, 0) is 58.7 Å². The summed E-state index contributed by atoms with van der Waals surface area (Å²) in [4.78, 5) is 9.77. The van der Waals surface area contributed by atoms with Crippen LogP contribution in [0.25, 0.3) is 0 Å². The van der Waals surface area contributed by atoms with Crippen LogP contribution < -0.4 is 10.6 Å². The number of oxime groups is 1. The minimum absolute atomic E-state index is 0.0355. The second kappa shape index (κ2) is 7.92. The highest BCUT2D eigenvalue weighted by molar-refractivity contribution is 9.13. The van der Waals surface area contributed by atoms with Crippen molar-refractivity contribution in [2.75, 3.05) is 25.0 Å². The molecule has 1 aliphatic heterocycles. The largest absolute Gasteiger partial charge is 0.393 e. The number of fused-ring (bicyclic) bond motifs is 1. The number of hydrogen-bond donors (Lipinski definition) is 3. The van der Waals surface area contributed by atoms with Crippen molar-refractivity contribution in [1.29, 1.82) is 0 Å². The Balaban J connectivity index is 1.96. The van der Waals surface area contributed by atoms with Crippen molar-refractivity contribution in [1.82, 2.24) is 10.3 Å². The summed E-state index contributed by atoms with van der Waals surface area (Å²) in [6.07, 6.45) is 0.147. The minimum Gasteiger partial charge on any atom is -0.393 e. The number of aliphatic hydroxyl groups excluding tert-OH is 1. The first kappa shape index (κ1) is 18.6. The summed E-state index contributed by atoms with van der Waals surface area (Å²) in [5.41, 5.74) is 1.70. The molecular weight excluding hydrogens is 428 g/mol. The van der Waals surface area contributed by atoms with Gasteiger partial charge in [0, 0.05) is 30.6 Å². The number of hydrogen-bond acceptors (Lipinski definition) is 6. The maximum Gasteiger partial charge on any atom is 0.144 e. The Morgan fingerprint density at radius 1 is 1.48 bits per heavy atom. The molecule has 2 heterocycles. The van der Waals surface area contributed by atoms with Gasteiger partial charge in [-0.25, -0.2) is 4.98 Å². The highest BCUT2D eigenvalue weighted by Crippen LogP contribution is 2.29. The van der Waals surface area contributed by atoms with E-state index in [1.54, 1.807) is 0 Å². The fourth-order valence-corrected chi connectivity index (χ4v) is 2.64. The van der Waals surface area contributed by atoms with Crippen LogP contribution in [-0.4, -0.2) is 47.1 Å². The fraction of sp³-hybridized carbons (Fsp3) is 0.600. The first-order valence-corrected chi connectivity index (χ1v) is 9.07. The molecule has 0 aliphatic carbocycles. The lowest BCUT2D eigenvalue weighted by Gasteiger charge is -2.22. The number of aliphatic hydroxyl groups is 1. The van der Waals surface area contributed by atoms with Gasteiger partial charge in [0.05, 0.1) is 10.2 Å². The standard InChI is InChI=1S/C15H22Br2N4O2/c1-15(2,3)19-7-9(22)8-23-21-12-4-5-18-14-10(12)6-11(16)13(17)20-14/h6,9,19,22H,4-5,7-8H2,1-3H3,(H,18,20)/b21-12+/t9-/m0/s1. The lowest BCUT2D eigenvalue weighted by atomic mass is 10.1. The van der Waals surface area contributed by atoms with Crippen molar-refractivity contribution >= 4 is 43.4 Å². The number of β-amino-alcohol motifs (C(OH)–C–C–N with tert-alkyl or cyclic N) is 1. The van der Waals surface area contributed by atoms with Gasteiger partial charge < -0.3 is 20.6 Å². The Hall–Kier alpha value is -0.700. The molecule has 128 valence electrons. The van der Waals surface area contributed by atoms with Gasteiger partial charge >= 0.3 is 0 Å². The van der Waals surface area contributed by atoms with E-state index in [1.807, 2.05) is 6.07 Å². The monoisotopic (exact) mass is 448 g/mol. The van der Waals surface area contributed by atoms with Crippen LogP contribution in [0, 0.1) is 0 Å². The zero-order valence-electron chi connectivity index (χ0n) is 13.5. The number of rotatable bonds is 5. The number of aromatic nitrogens is 1. The zero-order chi connectivity index (χ0) is 17.0. The summed E-state index contributed by atoms with van der Waals surface area (Å²) in [7, 11) is 0. The highest BCUT2D eigenvalue weighted by atomic mass is 79.9. The quantitative estimate of drug-likeness (QED) is 0.475. The van der Waals surface area contributed by atoms with Crippen molar-refractivity contribution in [2.24, 2.45) is 5.16 Å². The number of pyridine rings is 1. The fourth-order valence-electron chi connectivity index (χ4n) is 2.03. The van der Waals surface area contributed by atoms with Gasteiger partial charge in [-0.1, -0.05) is 5.16 Å². The normalized spacial score (nSPS) is 17.6. The molecule has 0 saturated carbocycles. The minimum atomic E-state index is -0.602. The molecule has 3 N–H and O–H groups in total. The predicted octanol–water partition coefficient (Wildman–Crippen LogP) is 2.89. The Labute approximate surface area is 153 Å². The molecule has 1 aliphatic rings. The number of halogens is 2. The molecule has 0 spiro atoms. The van der Waals surface area contributed by atoms with Gasteiger partial charge in [-0.2, -0.15) is 0 Å². The Morgan fingerprint density at radius 3 is 2.91 bits per heavy atom. The van der Waals surface area contributed by atoms with E-state index in [0.717, 1.165) is 39.1 Å². The molecule has 6 nitrogen and oxygen atoms in total. The number of nitrogens with one attached hydrogen (secondary N) is 2. The molecule has 0 aromatic carbocycles. The maximum absolute atomic E-state index is 9.92. The van der Waals surface area contributed by atoms with Crippen LogP contribution in [0.5, 0.6) is 0 Å². The average Bonchev–Trinajstić information content (AvgIpc) is 2.46. The molecule has 23 heavy (non-hydrogen) atoms. The second-order valence-electron chi connectivity index (χ2n) is 6.45. The summed E-state index contributed by atoms with van der Waals surface area (Å²) in [5.74, 6) is 0.781. The van der Waals surface area contributed by atoms with E-state index in [2.05, 4.69) is 73.4 Å². The lowest BCUT2D eigenvalue weighted by molar-refractivity contribution is 0.0371. The van der Waals surface area contributed by atoms with Crippen LogP contribution >= 0.6 is 31.9 Å². The van der Waals surface area contributed by atoms with Crippen molar-refractivity contribution in [2.45, 2.75) is 38.8 Å². The van der Waals surface area contributed by atoms with Crippen LogP contribution in [0.2, 0.25) is 0 Å². The number of anilines is 1. The molecule has 0 radical (unpaired) electrons. The topological polar surface area (TPSA) is 78.8 Å². The molecule has 0 saturated heterocycles. The van der Waals surface area contributed by atoms with E-state index >= 15 is 0 Å². The molecule has 8 heteroatoms. The predicted molar refractivity (Wildman–Crippen MR) is 99.0 cm³/mol. The molecule has 2 rings (SSSR count). The Kier molecular flexibility index (Phi) is 6.41.